The minimum Gasteiger partial charge on any atom is -0.463 e. The number of carbonyl (C=O) groups excluding carboxylic acids is 1. The van der Waals surface area contributed by atoms with Crippen LogP contribution in [0.25, 0.3) is 5.69 Å². The van der Waals surface area contributed by atoms with Crippen LogP contribution in [0.15, 0.2) is 29.6 Å². The summed E-state index contributed by atoms with van der Waals surface area (Å²) in [6, 6.07) is 7.55. The van der Waals surface area contributed by atoms with E-state index >= 15 is 0 Å². The highest BCUT2D eigenvalue weighted by Gasteiger charge is 2.48. The third kappa shape index (κ3) is 3.15. The zero-order valence-electron chi connectivity index (χ0n) is 15.3. The first-order valence-corrected chi connectivity index (χ1v) is 9.20. The Morgan fingerprint density at radius 3 is 2.52 bits per heavy atom. The van der Waals surface area contributed by atoms with Gasteiger partial charge in [-0.25, -0.2) is 14.5 Å². The molecule has 0 bridgehead atoms. The van der Waals surface area contributed by atoms with Crippen molar-refractivity contribution >= 4 is 28.3 Å². The number of nitrogen functional groups attached to an aromatic ring is 2. The number of anilines is 2. The smallest absolute Gasteiger partial charge is 0.349 e. The first-order chi connectivity index (χ1) is 12.8. The van der Waals surface area contributed by atoms with E-state index in [1.165, 1.54) is 10.1 Å². The van der Waals surface area contributed by atoms with Gasteiger partial charge in [-0.1, -0.05) is 17.7 Å². The van der Waals surface area contributed by atoms with E-state index in [2.05, 4.69) is 10.1 Å². The van der Waals surface area contributed by atoms with Gasteiger partial charge in [-0.15, -0.1) is 11.3 Å². The molecule has 2 heterocycles. The molecule has 2 aromatic heterocycles. The van der Waals surface area contributed by atoms with Crippen molar-refractivity contribution < 1.29 is 14.6 Å². The average molecular weight is 387 g/mol. The first kappa shape index (κ1) is 18.9. The van der Waals surface area contributed by atoms with Gasteiger partial charge in [0.15, 0.2) is 5.13 Å². The van der Waals surface area contributed by atoms with Crippen LogP contribution in [-0.2, 0) is 15.1 Å². The molecule has 9 heteroatoms. The van der Waals surface area contributed by atoms with Crippen LogP contribution in [0.5, 0.6) is 0 Å². The van der Waals surface area contributed by atoms with Gasteiger partial charge in [-0.05, 0) is 32.9 Å². The number of aliphatic hydroxyl groups is 1. The van der Waals surface area contributed by atoms with Crippen molar-refractivity contribution in [3.63, 3.8) is 0 Å². The van der Waals surface area contributed by atoms with E-state index in [0.29, 0.717) is 11.4 Å². The highest BCUT2D eigenvalue weighted by molar-refractivity contribution is 7.13. The maximum Gasteiger partial charge on any atom is 0.349 e. The Morgan fingerprint density at radius 1 is 1.30 bits per heavy atom. The summed E-state index contributed by atoms with van der Waals surface area (Å²) in [7, 11) is 0. The molecule has 0 fully saturated rings. The highest BCUT2D eigenvalue weighted by Crippen LogP contribution is 2.38. The fourth-order valence-corrected chi connectivity index (χ4v) is 3.51. The molecular formula is C18H21N5O3S. The third-order valence-electron chi connectivity index (χ3n) is 4.20. The topological polar surface area (TPSA) is 129 Å². The molecule has 0 saturated carbocycles. The Hall–Kier alpha value is -2.91. The van der Waals surface area contributed by atoms with E-state index < -0.39 is 11.6 Å². The Balaban J connectivity index is 2.21. The maximum atomic E-state index is 12.7. The lowest BCUT2D eigenvalue weighted by molar-refractivity contribution is -0.161. The van der Waals surface area contributed by atoms with Gasteiger partial charge in [0.05, 0.1) is 23.6 Å². The van der Waals surface area contributed by atoms with Gasteiger partial charge in [0, 0.05) is 5.38 Å². The monoisotopic (exact) mass is 387 g/mol. The largest absolute Gasteiger partial charge is 0.463 e. The van der Waals surface area contributed by atoms with Gasteiger partial charge in [0.1, 0.15) is 11.5 Å². The molecule has 3 aromatic rings. The number of hydrogen-bond donors (Lipinski definition) is 3. The normalized spacial score (nSPS) is 13.3. The van der Waals surface area contributed by atoms with Crippen molar-refractivity contribution in [3.05, 3.63) is 52.2 Å². The van der Waals surface area contributed by atoms with Gasteiger partial charge in [-0.3, -0.25) is 0 Å². The van der Waals surface area contributed by atoms with Gasteiger partial charge in [0.2, 0.25) is 5.60 Å². The molecule has 27 heavy (non-hydrogen) atoms. The predicted molar refractivity (Wildman–Crippen MR) is 104 cm³/mol. The zero-order valence-corrected chi connectivity index (χ0v) is 16.1. The number of hydrogen-bond acceptors (Lipinski definition) is 8. The summed E-state index contributed by atoms with van der Waals surface area (Å²) in [5.74, 6) is -0.757. The number of rotatable bonds is 5. The van der Waals surface area contributed by atoms with E-state index in [9.17, 15) is 9.90 Å². The maximum absolute atomic E-state index is 12.7. The summed E-state index contributed by atoms with van der Waals surface area (Å²) in [6.45, 7) is 5.38. The number of benzene rings is 1. The standard InChI is InChI=1S/C18H21N5O3S/c1-4-26-16(24)18(25,13-9-27-17(20)21-13)14-11(3)22-23(15(14)19)12-7-5-10(2)6-8-12/h5-9,25H,4,19H2,1-3H3,(H2,20,21)/t18-/m1/s1. The lowest BCUT2D eigenvalue weighted by atomic mass is 9.90. The molecule has 0 unspecified atom stereocenters. The molecule has 3 rings (SSSR count). The van der Waals surface area contributed by atoms with Crippen LogP contribution in [0.3, 0.4) is 0 Å². The number of thiazole rings is 1. The molecule has 0 saturated heterocycles. The van der Waals surface area contributed by atoms with Crippen molar-refractivity contribution in [2.75, 3.05) is 18.1 Å². The average Bonchev–Trinajstić information content (AvgIpc) is 3.19. The summed E-state index contributed by atoms with van der Waals surface area (Å²) in [6.07, 6.45) is 0. The number of ether oxygens (including phenoxy) is 1. The number of nitrogens with two attached hydrogens (primary N) is 2. The Morgan fingerprint density at radius 2 is 1.96 bits per heavy atom. The van der Waals surface area contributed by atoms with Crippen LogP contribution in [0.2, 0.25) is 0 Å². The van der Waals surface area contributed by atoms with Crippen molar-refractivity contribution in [1.82, 2.24) is 14.8 Å². The van der Waals surface area contributed by atoms with Gasteiger partial charge in [-0.2, -0.15) is 5.10 Å². The number of nitrogens with zero attached hydrogens (tertiary/aromatic N) is 3. The fraction of sp³-hybridized carbons (Fsp3) is 0.278. The molecule has 0 spiro atoms. The molecule has 0 radical (unpaired) electrons. The fourth-order valence-electron chi connectivity index (χ4n) is 2.90. The molecule has 1 atom stereocenters. The lowest BCUT2D eigenvalue weighted by Gasteiger charge is -2.24. The van der Waals surface area contributed by atoms with Crippen LogP contribution in [-0.4, -0.2) is 32.4 Å². The lowest BCUT2D eigenvalue weighted by Crippen LogP contribution is -2.40. The van der Waals surface area contributed by atoms with E-state index in [0.717, 1.165) is 16.9 Å². The van der Waals surface area contributed by atoms with Crippen molar-refractivity contribution in [2.45, 2.75) is 26.4 Å². The second-order valence-corrected chi connectivity index (χ2v) is 6.98. The second kappa shape index (κ2) is 7.01. The summed E-state index contributed by atoms with van der Waals surface area (Å²) >= 11 is 1.11. The Bertz CT molecular complexity index is 980. The van der Waals surface area contributed by atoms with Crippen LogP contribution in [0, 0.1) is 13.8 Å². The minimum atomic E-state index is -2.21. The molecule has 5 N–H and O–H groups in total. The van der Waals surface area contributed by atoms with Gasteiger partial charge in [0.25, 0.3) is 0 Å². The first-order valence-electron chi connectivity index (χ1n) is 8.32. The van der Waals surface area contributed by atoms with Gasteiger partial charge >= 0.3 is 5.97 Å². The molecule has 142 valence electrons. The molecule has 0 aliphatic rings. The minimum absolute atomic E-state index is 0.0571. The van der Waals surface area contributed by atoms with Crippen LogP contribution in [0.1, 0.15) is 29.4 Å². The summed E-state index contributed by atoms with van der Waals surface area (Å²) in [5.41, 5.74) is 12.2. The zero-order chi connectivity index (χ0) is 19.8. The quantitative estimate of drug-likeness (QED) is 0.570. The molecular weight excluding hydrogens is 366 g/mol. The molecule has 8 nitrogen and oxygen atoms in total. The number of aromatic nitrogens is 3. The predicted octanol–water partition coefficient (Wildman–Crippen LogP) is 1.91. The molecule has 1 aromatic carbocycles. The van der Waals surface area contributed by atoms with Crippen LogP contribution >= 0.6 is 11.3 Å². The van der Waals surface area contributed by atoms with Crippen molar-refractivity contribution in [3.8, 4) is 5.69 Å². The van der Waals surface area contributed by atoms with E-state index in [-0.39, 0.29) is 28.8 Å². The number of aryl methyl sites for hydroxylation is 2. The summed E-state index contributed by atoms with van der Waals surface area (Å²) < 4.78 is 6.58. The van der Waals surface area contributed by atoms with Crippen molar-refractivity contribution in [1.29, 1.82) is 0 Å². The van der Waals surface area contributed by atoms with Crippen LogP contribution in [0.4, 0.5) is 10.9 Å². The number of carbonyl (C=O) groups is 1. The summed E-state index contributed by atoms with van der Waals surface area (Å²) in [4.78, 5) is 16.8. The summed E-state index contributed by atoms with van der Waals surface area (Å²) in [5, 5.41) is 17.6. The van der Waals surface area contributed by atoms with E-state index in [1.807, 2.05) is 31.2 Å². The van der Waals surface area contributed by atoms with Gasteiger partial charge < -0.3 is 21.3 Å². The molecule has 0 amide bonds. The SMILES string of the molecule is CCOC(=O)[C@@](O)(c1csc(N)n1)c1c(C)nn(-c2ccc(C)cc2)c1N. The molecule has 0 aliphatic carbocycles. The Kier molecular flexibility index (Phi) is 4.90. The number of esters is 1. The second-order valence-electron chi connectivity index (χ2n) is 6.09. The van der Waals surface area contributed by atoms with E-state index in [1.54, 1.807) is 13.8 Å². The third-order valence-corrected chi connectivity index (χ3v) is 4.87. The van der Waals surface area contributed by atoms with Crippen LogP contribution < -0.4 is 11.5 Å². The highest BCUT2D eigenvalue weighted by atomic mass is 32.1. The Labute approximate surface area is 160 Å². The van der Waals surface area contributed by atoms with Crippen molar-refractivity contribution in [2.24, 2.45) is 0 Å². The molecule has 0 aliphatic heterocycles. The van der Waals surface area contributed by atoms with E-state index in [4.69, 9.17) is 16.2 Å².